The normalized spacial score (nSPS) is 17.0. The van der Waals surface area contributed by atoms with Crippen LogP contribution < -0.4 is 4.74 Å². The van der Waals surface area contributed by atoms with E-state index in [0.29, 0.717) is 37.9 Å². The highest BCUT2D eigenvalue weighted by Gasteiger charge is 2.29. The molecule has 0 radical (unpaired) electrons. The van der Waals surface area contributed by atoms with Crippen LogP contribution in [0.3, 0.4) is 0 Å². The second-order valence-electron chi connectivity index (χ2n) is 6.82. The highest BCUT2D eigenvalue weighted by molar-refractivity contribution is 6.30. The number of nitrogens with zero attached hydrogens (tertiary/aromatic N) is 2. The second kappa shape index (κ2) is 11.1. The first-order chi connectivity index (χ1) is 13.0. The molecule has 0 aromatic heterocycles. The van der Waals surface area contributed by atoms with E-state index in [9.17, 15) is 9.59 Å². The molecular weight excluding hydrogens is 368 g/mol. The van der Waals surface area contributed by atoms with Crippen molar-refractivity contribution in [1.29, 1.82) is 0 Å². The molecule has 6 nitrogen and oxygen atoms in total. The van der Waals surface area contributed by atoms with Crippen LogP contribution in [0.2, 0.25) is 5.02 Å². The van der Waals surface area contributed by atoms with Gasteiger partial charge in [0.25, 0.3) is 0 Å². The number of likely N-dealkylation sites (N-methyl/N-ethyl adjacent to an activating group) is 1. The van der Waals surface area contributed by atoms with Gasteiger partial charge < -0.3 is 14.4 Å². The van der Waals surface area contributed by atoms with Gasteiger partial charge in [0, 0.05) is 24.7 Å². The van der Waals surface area contributed by atoms with Crippen molar-refractivity contribution in [1.82, 2.24) is 9.80 Å². The second-order valence-corrected chi connectivity index (χ2v) is 7.26. The van der Waals surface area contributed by atoms with Crippen molar-refractivity contribution in [3.63, 3.8) is 0 Å². The number of ether oxygens (including phenoxy) is 2. The largest absolute Gasteiger partial charge is 0.494 e. The number of carbonyl (C=O) groups is 2. The first-order valence-electron chi connectivity index (χ1n) is 9.51. The van der Waals surface area contributed by atoms with Gasteiger partial charge in [-0.2, -0.15) is 0 Å². The summed E-state index contributed by atoms with van der Waals surface area (Å²) in [6, 6.07) is 7.27. The first-order valence-corrected chi connectivity index (χ1v) is 9.88. The molecule has 1 saturated heterocycles. The SMILES string of the molecule is CCOC(=O)C1CCCN(C(=O)CN(C)CCCOc2ccc(Cl)cc2)C1. The van der Waals surface area contributed by atoms with Crippen LogP contribution in [0.25, 0.3) is 0 Å². The molecule has 1 aliphatic rings. The highest BCUT2D eigenvalue weighted by Crippen LogP contribution is 2.18. The molecule has 1 heterocycles. The number of likely N-dealkylation sites (tertiary alicyclic amines) is 1. The molecule has 7 heteroatoms. The van der Waals surface area contributed by atoms with Crippen molar-refractivity contribution >= 4 is 23.5 Å². The fraction of sp³-hybridized carbons (Fsp3) is 0.600. The van der Waals surface area contributed by atoms with Gasteiger partial charge in [-0.25, -0.2) is 0 Å². The predicted octanol–water partition coefficient (Wildman–Crippen LogP) is 2.84. The number of hydrogen-bond acceptors (Lipinski definition) is 5. The minimum absolute atomic E-state index is 0.0603. The van der Waals surface area contributed by atoms with Gasteiger partial charge in [-0.1, -0.05) is 11.6 Å². The molecule has 0 spiro atoms. The molecule has 1 unspecified atom stereocenters. The van der Waals surface area contributed by atoms with Gasteiger partial charge >= 0.3 is 5.97 Å². The maximum Gasteiger partial charge on any atom is 0.310 e. The maximum absolute atomic E-state index is 12.5. The van der Waals surface area contributed by atoms with Crippen molar-refractivity contribution in [3.05, 3.63) is 29.3 Å². The zero-order valence-corrected chi connectivity index (χ0v) is 16.9. The summed E-state index contributed by atoms with van der Waals surface area (Å²) in [5, 5.41) is 0.684. The average molecular weight is 397 g/mol. The molecule has 150 valence electrons. The topological polar surface area (TPSA) is 59.1 Å². The zero-order chi connectivity index (χ0) is 19.6. The van der Waals surface area contributed by atoms with Crippen LogP contribution >= 0.6 is 11.6 Å². The van der Waals surface area contributed by atoms with E-state index < -0.39 is 0 Å². The van der Waals surface area contributed by atoms with E-state index in [-0.39, 0.29) is 17.8 Å². The summed E-state index contributed by atoms with van der Waals surface area (Å²) in [7, 11) is 1.92. The Morgan fingerprint density at radius 2 is 2.04 bits per heavy atom. The van der Waals surface area contributed by atoms with Gasteiger partial charge in [-0.3, -0.25) is 14.5 Å². The van der Waals surface area contributed by atoms with E-state index in [2.05, 4.69) is 0 Å². The number of rotatable bonds is 9. The lowest BCUT2D eigenvalue weighted by atomic mass is 9.98. The molecule has 1 fully saturated rings. The van der Waals surface area contributed by atoms with Gasteiger partial charge in [0.05, 0.1) is 25.7 Å². The Bertz CT molecular complexity index is 609. The van der Waals surface area contributed by atoms with Crippen LogP contribution in [-0.4, -0.2) is 68.1 Å². The lowest BCUT2D eigenvalue weighted by Gasteiger charge is -2.32. The standard InChI is InChI=1S/C20H29ClN2O4/c1-3-26-20(25)16-6-4-12-23(14-16)19(24)15-22(2)11-5-13-27-18-9-7-17(21)8-10-18/h7-10,16H,3-6,11-15H2,1-2H3. The van der Waals surface area contributed by atoms with Gasteiger partial charge in [0.2, 0.25) is 5.91 Å². The molecule has 1 amide bonds. The third kappa shape index (κ3) is 7.39. The summed E-state index contributed by atoms with van der Waals surface area (Å²) in [4.78, 5) is 28.2. The third-order valence-electron chi connectivity index (χ3n) is 4.57. The average Bonchev–Trinajstić information content (AvgIpc) is 2.67. The summed E-state index contributed by atoms with van der Waals surface area (Å²) >= 11 is 5.85. The zero-order valence-electron chi connectivity index (χ0n) is 16.2. The van der Waals surface area contributed by atoms with E-state index in [1.54, 1.807) is 24.0 Å². The molecule has 27 heavy (non-hydrogen) atoms. The van der Waals surface area contributed by atoms with Crippen LogP contribution in [-0.2, 0) is 14.3 Å². The van der Waals surface area contributed by atoms with Crippen molar-refractivity contribution in [2.24, 2.45) is 5.92 Å². The molecule has 0 N–H and O–H groups in total. The lowest BCUT2D eigenvalue weighted by molar-refractivity contribution is -0.151. The maximum atomic E-state index is 12.5. The predicted molar refractivity (Wildman–Crippen MR) is 105 cm³/mol. The van der Waals surface area contributed by atoms with Crippen LogP contribution in [0.1, 0.15) is 26.2 Å². The Labute approximate surface area is 166 Å². The molecule has 0 bridgehead atoms. The highest BCUT2D eigenvalue weighted by atomic mass is 35.5. The fourth-order valence-electron chi connectivity index (χ4n) is 3.12. The van der Waals surface area contributed by atoms with Crippen LogP contribution in [0, 0.1) is 5.92 Å². The molecule has 1 aromatic rings. The number of piperidine rings is 1. The Morgan fingerprint density at radius 3 is 2.74 bits per heavy atom. The van der Waals surface area contributed by atoms with Gasteiger partial charge in [-0.15, -0.1) is 0 Å². The molecule has 0 saturated carbocycles. The van der Waals surface area contributed by atoms with Crippen LogP contribution in [0.15, 0.2) is 24.3 Å². The van der Waals surface area contributed by atoms with Gasteiger partial charge in [-0.05, 0) is 57.5 Å². The Hall–Kier alpha value is -1.79. The first kappa shape index (κ1) is 21.5. The molecule has 1 aromatic carbocycles. The van der Waals surface area contributed by atoms with E-state index >= 15 is 0 Å². The number of amides is 1. The molecule has 1 aliphatic heterocycles. The van der Waals surface area contributed by atoms with Crippen molar-refractivity contribution in [2.45, 2.75) is 26.2 Å². The van der Waals surface area contributed by atoms with Crippen molar-refractivity contribution < 1.29 is 19.1 Å². The van der Waals surface area contributed by atoms with Crippen molar-refractivity contribution in [3.8, 4) is 5.75 Å². The summed E-state index contributed by atoms with van der Waals surface area (Å²) in [5.74, 6) is 0.463. The smallest absolute Gasteiger partial charge is 0.310 e. The van der Waals surface area contributed by atoms with E-state index in [1.165, 1.54) is 0 Å². The number of hydrogen-bond donors (Lipinski definition) is 0. The number of benzene rings is 1. The molecule has 2 rings (SSSR count). The minimum atomic E-state index is -0.194. The quantitative estimate of drug-likeness (QED) is 0.474. The number of carbonyl (C=O) groups excluding carboxylic acids is 2. The van der Waals surface area contributed by atoms with E-state index in [1.807, 2.05) is 24.1 Å². The van der Waals surface area contributed by atoms with Crippen LogP contribution in [0.5, 0.6) is 5.75 Å². The minimum Gasteiger partial charge on any atom is -0.494 e. The molecule has 0 aliphatic carbocycles. The number of halogens is 1. The van der Waals surface area contributed by atoms with Crippen molar-refractivity contribution in [2.75, 3.05) is 46.4 Å². The Kier molecular flexibility index (Phi) is 8.88. The molecule has 1 atom stereocenters. The van der Waals surface area contributed by atoms with Gasteiger partial charge in [0.15, 0.2) is 0 Å². The summed E-state index contributed by atoms with van der Waals surface area (Å²) in [6.07, 6.45) is 2.45. The third-order valence-corrected chi connectivity index (χ3v) is 4.82. The molecular formula is C20H29ClN2O4. The Balaban J connectivity index is 1.66. The monoisotopic (exact) mass is 396 g/mol. The van der Waals surface area contributed by atoms with Crippen LogP contribution in [0.4, 0.5) is 0 Å². The summed E-state index contributed by atoms with van der Waals surface area (Å²) in [6.45, 7) is 5.03. The summed E-state index contributed by atoms with van der Waals surface area (Å²) < 4.78 is 10.8. The Morgan fingerprint density at radius 1 is 1.30 bits per heavy atom. The summed E-state index contributed by atoms with van der Waals surface area (Å²) in [5.41, 5.74) is 0. The van der Waals surface area contributed by atoms with E-state index in [4.69, 9.17) is 21.1 Å². The van der Waals surface area contributed by atoms with Gasteiger partial charge in [0.1, 0.15) is 5.75 Å². The fourth-order valence-corrected chi connectivity index (χ4v) is 3.25. The van der Waals surface area contributed by atoms with E-state index in [0.717, 1.165) is 31.6 Å². The lowest BCUT2D eigenvalue weighted by Crippen LogP contribution is -2.46. The number of esters is 1.